The van der Waals surface area contributed by atoms with Gasteiger partial charge in [0.25, 0.3) is 0 Å². The minimum absolute atomic E-state index is 0.242. The van der Waals surface area contributed by atoms with Crippen molar-refractivity contribution in [3.8, 4) is 0 Å². The van der Waals surface area contributed by atoms with Crippen molar-refractivity contribution in [1.29, 1.82) is 0 Å². The fraction of sp³-hybridized carbons (Fsp3) is 0.500. The first-order valence-corrected chi connectivity index (χ1v) is 9.66. The Morgan fingerprint density at radius 1 is 1.17 bits per heavy atom. The third-order valence-electron chi connectivity index (χ3n) is 4.35. The van der Waals surface area contributed by atoms with E-state index in [1.807, 2.05) is 37.2 Å². The second-order valence-electron chi connectivity index (χ2n) is 7.05. The molecule has 7 nitrogen and oxygen atoms in total. The number of hydrogen-bond acceptors (Lipinski definition) is 6. The summed E-state index contributed by atoms with van der Waals surface area (Å²) in [5, 5.41) is 8.57. The van der Waals surface area contributed by atoms with Gasteiger partial charge in [-0.05, 0) is 45.0 Å². The Labute approximate surface area is 172 Å². The van der Waals surface area contributed by atoms with Crippen molar-refractivity contribution in [2.24, 2.45) is 5.92 Å². The van der Waals surface area contributed by atoms with E-state index < -0.39 is 11.9 Å². The molecule has 2 rings (SSSR count). The average Bonchev–Trinajstić information content (AvgIpc) is 2.72. The Morgan fingerprint density at radius 3 is 2.52 bits per heavy atom. The highest BCUT2D eigenvalue weighted by molar-refractivity contribution is 6.10. The third kappa shape index (κ3) is 9.13. The summed E-state index contributed by atoms with van der Waals surface area (Å²) < 4.78 is 10.4. The first kappa shape index (κ1) is 24.7. The van der Waals surface area contributed by atoms with Crippen LogP contribution in [-0.4, -0.2) is 75.6 Å². The SMILES string of the molecule is CC(COCCOCCN(C)C)C(=O)O.O=CC1=CCCc2cccc(C=O)c21. The Kier molecular flexibility index (Phi) is 11.7. The van der Waals surface area contributed by atoms with Gasteiger partial charge in [-0.15, -0.1) is 0 Å². The topological polar surface area (TPSA) is 93.1 Å². The molecule has 160 valence electrons. The molecule has 0 aliphatic heterocycles. The number of carbonyl (C=O) groups excluding carboxylic acids is 2. The van der Waals surface area contributed by atoms with Gasteiger partial charge in [-0.1, -0.05) is 24.3 Å². The van der Waals surface area contributed by atoms with E-state index in [0.717, 1.165) is 43.1 Å². The van der Waals surface area contributed by atoms with Crippen molar-refractivity contribution >= 4 is 24.1 Å². The van der Waals surface area contributed by atoms with Gasteiger partial charge in [-0.2, -0.15) is 0 Å². The lowest BCUT2D eigenvalue weighted by atomic mass is 9.88. The monoisotopic (exact) mass is 405 g/mol. The van der Waals surface area contributed by atoms with Crippen LogP contribution < -0.4 is 0 Å². The number of benzene rings is 1. The molecular weight excluding hydrogens is 374 g/mol. The Hall–Kier alpha value is -2.35. The lowest BCUT2D eigenvalue weighted by Gasteiger charge is -2.15. The van der Waals surface area contributed by atoms with Crippen LogP contribution >= 0.6 is 0 Å². The molecule has 1 atom stereocenters. The molecule has 0 aromatic heterocycles. The van der Waals surface area contributed by atoms with Crippen molar-refractivity contribution in [2.45, 2.75) is 19.8 Å². The zero-order valence-corrected chi connectivity index (χ0v) is 17.4. The molecule has 0 fully saturated rings. The van der Waals surface area contributed by atoms with Crippen molar-refractivity contribution in [3.63, 3.8) is 0 Å². The van der Waals surface area contributed by atoms with Gasteiger partial charge in [0.15, 0.2) is 6.29 Å². The predicted molar refractivity (Wildman–Crippen MR) is 111 cm³/mol. The lowest BCUT2D eigenvalue weighted by Crippen LogP contribution is -2.20. The molecule has 0 saturated carbocycles. The number of nitrogens with zero attached hydrogens (tertiary/aromatic N) is 1. The van der Waals surface area contributed by atoms with E-state index in [4.69, 9.17) is 14.6 Å². The highest BCUT2D eigenvalue weighted by Gasteiger charge is 2.15. The molecule has 0 heterocycles. The maximum absolute atomic E-state index is 10.8. The summed E-state index contributed by atoms with van der Waals surface area (Å²) in [6, 6.07) is 5.57. The number of carboxylic acids is 1. The van der Waals surface area contributed by atoms with Crippen LogP contribution in [0.25, 0.3) is 5.57 Å². The van der Waals surface area contributed by atoms with Gasteiger partial charge in [-0.3, -0.25) is 14.4 Å². The van der Waals surface area contributed by atoms with Crippen LogP contribution in [0.15, 0.2) is 24.3 Å². The molecule has 7 heteroatoms. The minimum Gasteiger partial charge on any atom is -0.481 e. The molecule has 1 aromatic carbocycles. The molecule has 1 unspecified atom stereocenters. The average molecular weight is 405 g/mol. The number of likely N-dealkylation sites (N-methyl/N-ethyl adjacent to an activating group) is 1. The second-order valence-corrected chi connectivity index (χ2v) is 7.05. The summed E-state index contributed by atoms with van der Waals surface area (Å²) in [6.07, 6.45) is 5.31. The fourth-order valence-corrected chi connectivity index (χ4v) is 2.67. The van der Waals surface area contributed by atoms with Crippen LogP contribution in [0, 0.1) is 5.92 Å². The van der Waals surface area contributed by atoms with E-state index in [-0.39, 0.29) is 6.61 Å². The third-order valence-corrected chi connectivity index (χ3v) is 4.35. The predicted octanol–water partition coefficient (Wildman–Crippen LogP) is 2.33. The summed E-state index contributed by atoms with van der Waals surface area (Å²) in [5.41, 5.74) is 3.18. The van der Waals surface area contributed by atoms with E-state index in [0.29, 0.717) is 31.0 Å². The molecule has 0 saturated heterocycles. The number of rotatable bonds is 11. The molecule has 1 N–H and O–H groups in total. The quantitative estimate of drug-likeness (QED) is 0.446. The summed E-state index contributed by atoms with van der Waals surface area (Å²) in [7, 11) is 3.96. The Morgan fingerprint density at radius 2 is 1.90 bits per heavy atom. The van der Waals surface area contributed by atoms with Crippen LogP contribution in [-0.2, 0) is 25.5 Å². The van der Waals surface area contributed by atoms with Crippen molar-refractivity contribution in [3.05, 3.63) is 41.0 Å². The van der Waals surface area contributed by atoms with E-state index >= 15 is 0 Å². The van der Waals surface area contributed by atoms with Crippen LogP contribution in [0.5, 0.6) is 0 Å². The minimum atomic E-state index is -0.830. The molecule has 1 aliphatic carbocycles. The summed E-state index contributed by atoms with van der Waals surface area (Å²) in [4.78, 5) is 34.1. The molecule has 0 spiro atoms. The molecule has 1 aliphatic rings. The zero-order valence-electron chi connectivity index (χ0n) is 17.4. The summed E-state index contributed by atoms with van der Waals surface area (Å²) in [5.74, 6) is -1.28. The van der Waals surface area contributed by atoms with E-state index in [2.05, 4.69) is 0 Å². The molecule has 29 heavy (non-hydrogen) atoms. The zero-order chi connectivity index (χ0) is 21.6. The fourth-order valence-electron chi connectivity index (χ4n) is 2.67. The van der Waals surface area contributed by atoms with Crippen LogP contribution in [0.1, 0.15) is 34.8 Å². The van der Waals surface area contributed by atoms with E-state index in [1.165, 1.54) is 0 Å². The summed E-state index contributed by atoms with van der Waals surface area (Å²) >= 11 is 0. The van der Waals surface area contributed by atoms with Crippen LogP contribution in [0.2, 0.25) is 0 Å². The van der Waals surface area contributed by atoms with Gasteiger partial charge < -0.3 is 19.5 Å². The summed E-state index contributed by atoms with van der Waals surface area (Å²) in [6.45, 7) is 4.38. The molecular formula is C22H31NO6. The maximum atomic E-state index is 10.8. The van der Waals surface area contributed by atoms with Crippen LogP contribution in [0.3, 0.4) is 0 Å². The second kappa shape index (κ2) is 13.8. The smallest absolute Gasteiger partial charge is 0.308 e. The first-order valence-electron chi connectivity index (χ1n) is 9.66. The standard InChI is InChI=1S/C12H10O2.C10H21NO4/c13-7-10-5-1-3-9-4-2-6-11(8-14)12(9)10;1-9(10(12)13)8-15-7-6-14-5-4-11(2)3/h1,3,5-8H,2,4H2;9H,4-8H2,1-3H3,(H,12,13). The van der Waals surface area contributed by atoms with E-state index in [1.54, 1.807) is 13.0 Å². The lowest BCUT2D eigenvalue weighted by molar-refractivity contribution is -0.143. The van der Waals surface area contributed by atoms with Gasteiger partial charge in [0.2, 0.25) is 0 Å². The van der Waals surface area contributed by atoms with Gasteiger partial charge >= 0.3 is 5.97 Å². The van der Waals surface area contributed by atoms with Gasteiger partial charge in [0, 0.05) is 17.7 Å². The molecule has 0 amide bonds. The largest absolute Gasteiger partial charge is 0.481 e. The van der Waals surface area contributed by atoms with E-state index in [9.17, 15) is 14.4 Å². The number of aliphatic carboxylic acids is 1. The van der Waals surface area contributed by atoms with Gasteiger partial charge in [0.05, 0.1) is 32.3 Å². The number of fused-ring (bicyclic) bond motifs is 1. The highest BCUT2D eigenvalue weighted by Crippen LogP contribution is 2.27. The first-order chi connectivity index (χ1) is 13.9. The molecule has 0 radical (unpaired) electrons. The van der Waals surface area contributed by atoms with Gasteiger partial charge in [0.1, 0.15) is 6.29 Å². The number of ether oxygens (including phenoxy) is 2. The molecule has 0 bridgehead atoms. The number of aryl methyl sites for hydroxylation is 1. The maximum Gasteiger partial charge on any atom is 0.308 e. The number of carbonyl (C=O) groups is 3. The van der Waals surface area contributed by atoms with Crippen LogP contribution in [0.4, 0.5) is 0 Å². The highest BCUT2D eigenvalue weighted by atomic mass is 16.5. The molecule has 1 aromatic rings. The number of carboxylic acid groups (broad SMARTS) is 1. The number of hydrogen-bond donors (Lipinski definition) is 1. The Balaban J connectivity index is 0.000000290. The van der Waals surface area contributed by atoms with Gasteiger partial charge in [-0.25, -0.2) is 0 Å². The van der Waals surface area contributed by atoms with Crippen molar-refractivity contribution in [1.82, 2.24) is 4.90 Å². The number of allylic oxidation sites excluding steroid dienone is 2. The van der Waals surface area contributed by atoms with Crippen molar-refractivity contribution in [2.75, 3.05) is 47.1 Å². The normalized spacial score (nSPS) is 13.6. The van der Waals surface area contributed by atoms with Crippen molar-refractivity contribution < 1.29 is 29.0 Å². The number of aldehydes is 2. The Bertz CT molecular complexity index is 699.